The lowest BCUT2D eigenvalue weighted by molar-refractivity contribution is 0.220. The first-order valence-electron chi connectivity index (χ1n) is 7.48. The number of aromatic nitrogens is 2. The lowest BCUT2D eigenvalue weighted by Crippen LogP contribution is -2.30. The SMILES string of the molecule is CC1=C(S(=O)(=O)n2c(Oc3cc(C)ccc3C)noc2=O)CC(N)=NO1. The molecule has 2 aromatic rings. The summed E-state index contributed by atoms with van der Waals surface area (Å²) in [5.74, 6) is -0.929. The van der Waals surface area contributed by atoms with E-state index in [0.717, 1.165) is 11.1 Å². The van der Waals surface area contributed by atoms with E-state index in [4.69, 9.17) is 15.3 Å². The molecule has 3 rings (SSSR count). The van der Waals surface area contributed by atoms with Gasteiger partial charge in [-0.3, -0.25) is 4.52 Å². The zero-order valence-corrected chi connectivity index (χ0v) is 15.0. The van der Waals surface area contributed by atoms with E-state index in [1.165, 1.54) is 6.92 Å². The maximum Gasteiger partial charge on any atom is 0.458 e. The van der Waals surface area contributed by atoms with E-state index in [1.807, 2.05) is 13.0 Å². The molecule has 0 bridgehead atoms. The fourth-order valence-corrected chi connectivity index (χ4v) is 3.75. The number of allylic oxidation sites excluding steroid dienone is 1. The second kappa shape index (κ2) is 6.33. The number of rotatable bonds is 4. The first kappa shape index (κ1) is 17.7. The maximum absolute atomic E-state index is 12.9. The van der Waals surface area contributed by atoms with Crippen molar-refractivity contribution < 1.29 is 22.5 Å². The van der Waals surface area contributed by atoms with E-state index >= 15 is 0 Å². The van der Waals surface area contributed by atoms with Gasteiger partial charge in [-0.25, -0.2) is 13.2 Å². The van der Waals surface area contributed by atoms with E-state index in [9.17, 15) is 13.2 Å². The molecule has 0 fully saturated rings. The van der Waals surface area contributed by atoms with Crippen LogP contribution in [-0.4, -0.2) is 23.4 Å². The molecule has 0 saturated carbocycles. The molecule has 2 N–H and O–H groups in total. The monoisotopic (exact) mass is 380 g/mol. The number of nitrogens with two attached hydrogens (primary N) is 1. The number of oxime groups is 1. The summed E-state index contributed by atoms with van der Waals surface area (Å²) in [7, 11) is -4.39. The van der Waals surface area contributed by atoms with Crippen molar-refractivity contribution in [2.75, 3.05) is 0 Å². The standard InChI is InChI=1S/C15H16N4O6S/c1-8-4-5-9(2)11(6-8)23-14-18-25-15(20)19(14)26(21,22)12-7-13(16)17-24-10(12)3/h4-6H,7H2,1-3H3,(H2,16,17). The highest BCUT2D eigenvalue weighted by Crippen LogP contribution is 2.28. The summed E-state index contributed by atoms with van der Waals surface area (Å²) < 4.78 is 36.2. The molecule has 1 aromatic heterocycles. The zero-order valence-electron chi connectivity index (χ0n) is 14.2. The van der Waals surface area contributed by atoms with E-state index in [2.05, 4.69) is 14.8 Å². The van der Waals surface area contributed by atoms with Gasteiger partial charge in [0.15, 0.2) is 0 Å². The predicted octanol–water partition coefficient (Wildman–Crippen LogP) is 1.35. The average Bonchev–Trinajstić information content (AvgIpc) is 2.94. The first-order chi connectivity index (χ1) is 12.2. The molecule has 10 nitrogen and oxygen atoms in total. The molecule has 1 aromatic carbocycles. The smallest absolute Gasteiger partial charge is 0.422 e. The molecule has 26 heavy (non-hydrogen) atoms. The Morgan fingerprint density at radius 3 is 2.73 bits per heavy atom. The minimum Gasteiger partial charge on any atom is -0.422 e. The van der Waals surface area contributed by atoms with E-state index in [1.54, 1.807) is 19.1 Å². The molecule has 0 aliphatic carbocycles. The number of amidine groups is 1. The summed E-state index contributed by atoms with van der Waals surface area (Å²) in [5.41, 5.74) is 7.15. The van der Waals surface area contributed by atoms with Gasteiger partial charge in [0.25, 0.3) is 10.0 Å². The van der Waals surface area contributed by atoms with Crippen molar-refractivity contribution >= 4 is 15.9 Å². The lowest BCUT2D eigenvalue weighted by atomic mass is 10.1. The molecule has 0 amide bonds. The van der Waals surface area contributed by atoms with Gasteiger partial charge in [-0.05, 0) is 43.1 Å². The van der Waals surface area contributed by atoms with E-state index < -0.39 is 21.8 Å². The predicted molar refractivity (Wildman–Crippen MR) is 91.1 cm³/mol. The van der Waals surface area contributed by atoms with Crippen molar-refractivity contribution in [3.05, 3.63) is 50.5 Å². The normalized spacial score (nSPS) is 14.8. The van der Waals surface area contributed by atoms with E-state index in [-0.39, 0.29) is 22.9 Å². The zero-order chi connectivity index (χ0) is 19.1. The maximum atomic E-state index is 12.9. The summed E-state index contributed by atoms with van der Waals surface area (Å²) in [6.45, 7) is 5.01. The second-order valence-electron chi connectivity index (χ2n) is 5.70. The van der Waals surface area contributed by atoms with Gasteiger partial charge in [-0.15, -0.1) is 3.97 Å². The summed E-state index contributed by atoms with van der Waals surface area (Å²) in [4.78, 5) is 16.7. The third-order valence-corrected chi connectivity index (χ3v) is 5.51. The van der Waals surface area contributed by atoms with Crippen LogP contribution in [0.3, 0.4) is 0 Å². The number of hydrogen-bond donors (Lipinski definition) is 1. The molecular weight excluding hydrogens is 364 g/mol. The molecular formula is C15H16N4O6S. The second-order valence-corrected chi connectivity index (χ2v) is 7.51. The van der Waals surface area contributed by atoms with Crippen molar-refractivity contribution in [2.45, 2.75) is 27.2 Å². The van der Waals surface area contributed by atoms with Crippen molar-refractivity contribution in [1.82, 2.24) is 9.13 Å². The Bertz CT molecular complexity index is 1090. The highest BCUT2D eigenvalue weighted by Gasteiger charge is 2.34. The van der Waals surface area contributed by atoms with Crippen LogP contribution < -0.4 is 16.2 Å². The topological polar surface area (TPSA) is 139 Å². The van der Waals surface area contributed by atoms with Crippen LogP contribution in [0, 0.1) is 13.8 Å². The summed E-state index contributed by atoms with van der Waals surface area (Å²) in [6, 6.07) is 4.82. The number of benzene rings is 1. The molecule has 138 valence electrons. The highest BCUT2D eigenvalue weighted by molar-refractivity contribution is 7.93. The van der Waals surface area contributed by atoms with Gasteiger partial charge >= 0.3 is 11.8 Å². The lowest BCUT2D eigenvalue weighted by Gasteiger charge is -2.16. The minimum atomic E-state index is -4.39. The molecule has 1 aliphatic heterocycles. The Kier molecular flexibility index (Phi) is 4.32. The Hall–Kier alpha value is -3.08. The molecule has 0 radical (unpaired) electrons. The van der Waals surface area contributed by atoms with Crippen molar-refractivity contribution in [1.29, 1.82) is 0 Å². The van der Waals surface area contributed by atoms with Crippen LogP contribution in [0.1, 0.15) is 24.5 Å². The molecule has 1 aliphatic rings. The Morgan fingerprint density at radius 2 is 2.00 bits per heavy atom. The van der Waals surface area contributed by atoms with Crippen LogP contribution in [0.2, 0.25) is 0 Å². The minimum absolute atomic E-state index is 0.00927. The van der Waals surface area contributed by atoms with Crippen LogP contribution in [0.4, 0.5) is 0 Å². The van der Waals surface area contributed by atoms with Gasteiger partial charge in [-0.2, -0.15) is 0 Å². The van der Waals surface area contributed by atoms with Gasteiger partial charge in [0.2, 0.25) is 0 Å². The largest absolute Gasteiger partial charge is 0.458 e. The van der Waals surface area contributed by atoms with Gasteiger partial charge in [0.05, 0.1) is 6.42 Å². The number of aryl methyl sites for hydroxylation is 2. The third kappa shape index (κ3) is 3.08. The van der Waals surface area contributed by atoms with Crippen LogP contribution in [-0.2, 0) is 14.9 Å². The van der Waals surface area contributed by atoms with Crippen LogP contribution in [0.25, 0.3) is 0 Å². The van der Waals surface area contributed by atoms with Gasteiger partial charge in [-0.1, -0.05) is 17.3 Å². The number of ether oxygens (including phenoxy) is 1. The third-order valence-electron chi connectivity index (χ3n) is 3.67. The van der Waals surface area contributed by atoms with E-state index in [0.29, 0.717) is 9.72 Å². The summed E-state index contributed by atoms with van der Waals surface area (Å²) in [6.07, 6.45) is -0.214. The molecule has 0 spiro atoms. The number of nitrogens with zero attached hydrogens (tertiary/aromatic N) is 3. The van der Waals surface area contributed by atoms with Gasteiger partial charge in [0.1, 0.15) is 22.2 Å². The van der Waals surface area contributed by atoms with Crippen LogP contribution in [0.15, 0.2) is 43.3 Å². The quantitative estimate of drug-likeness (QED) is 0.838. The van der Waals surface area contributed by atoms with Crippen LogP contribution in [0.5, 0.6) is 11.8 Å². The molecule has 0 saturated heterocycles. The van der Waals surface area contributed by atoms with Crippen molar-refractivity contribution in [3.63, 3.8) is 0 Å². The molecule has 0 unspecified atom stereocenters. The highest BCUT2D eigenvalue weighted by atomic mass is 32.2. The first-order valence-corrected chi connectivity index (χ1v) is 8.92. The Balaban J connectivity index is 2.08. The molecule has 11 heteroatoms. The fraction of sp³-hybridized carbons (Fsp3) is 0.267. The average molecular weight is 380 g/mol. The summed E-state index contributed by atoms with van der Waals surface area (Å²) >= 11 is 0. The Morgan fingerprint density at radius 1 is 1.27 bits per heavy atom. The summed E-state index contributed by atoms with van der Waals surface area (Å²) in [5, 5.41) is 6.94. The molecule has 2 heterocycles. The number of hydrogen-bond acceptors (Lipinski definition) is 9. The molecule has 0 atom stereocenters. The Labute approximate surface area is 148 Å². The van der Waals surface area contributed by atoms with Crippen molar-refractivity contribution in [3.8, 4) is 11.8 Å². The van der Waals surface area contributed by atoms with Crippen molar-refractivity contribution in [2.24, 2.45) is 10.9 Å². The van der Waals surface area contributed by atoms with Gasteiger partial charge in [0, 0.05) is 0 Å². The van der Waals surface area contributed by atoms with Crippen LogP contribution >= 0.6 is 0 Å². The van der Waals surface area contributed by atoms with Gasteiger partial charge < -0.3 is 15.3 Å². The fourth-order valence-electron chi connectivity index (χ4n) is 2.29.